The molecule has 1 atom stereocenters. The van der Waals surface area contributed by atoms with Crippen molar-refractivity contribution in [3.05, 3.63) is 34.9 Å². The smallest absolute Gasteiger partial charge is 0.257 e. The lowest BCUT2D eigenvalue weighted by Crippen LogP contribution is -2.30. The van der Waals surface area contributed by atoms with Crippen LogP contribution in [0.4, 0.5) is 0 Å². The first kappa shape index (κ1) is 12.5. The van der Waals surface area contributed by atoms with Gasteiger partial charge >= 0.3 is 0 Å². The van der Waals surface area contributed by atoms with E-state index < -0.39 is 0 Å². The molecule has 0 saturated carbocycles. The molecule has 1 aromatic rings. The summed E-state index contributed by atoms with van der Waals surface area (Å²) < 4.78 is 0. The van der Waals surface area contributed by atoms with Crippen LogP contribution in [0.3, 0.4) is 0 Å². The van der Waals surface area contributed by atoms with Crippen molar-refractivity contribution < 1.29 is 4.79 Å². The molecule has 0 fully saturated rings. The topological polar surface area (TPSA) is 29.1 Å². The maximum absolute atomic E-state index is 11.9. The Hall–Kier alpha value is -0.930. The summed E-state index contributed by atoms with van der Waals surface area (Å²) in [7, 11) is 0. The molecule has 1 heterocycles. The van der Waals surface area contributed by atoms with Crippen molar-refractivity contribution in [2.75, 3.05) is 0 Å². The highest BCUT2D eigenvalue weighted by Crippen LogP contribution is 2.35. The van der Waals surface area contributed by atoms with Gasteiger partial charge in [0.15, 0.2) is 0 Å². The predicted octanol–water partition coefficient (Wildman–Crippen LogP) is 3.01. The quantitative estimate of drug-likeness (QED) is 0.659. The summed E-state index contributed by atoms with van der Waals surface area (Å²) >= 11 is 11.4. The minimum absolute atomic E-state index is 0.0732. The molecule has 0 saturated heterocycles. The second kappa shape index (κ2) is 4.07. The molecule has 1 aromatic carbocycles. The molecule has 17 heavy (non-hydrogen) atoms. The van der Waals surface area contributed by atoms with Crippen LogP contribution >= 0.6 is 23.8 Å². The van der Waals surface area contributed by atoms with E-state index in [1.165, 1.54) is 0 Å². The van der Waals surface area contributed by atoms with Gasteiger partial charge in [-0.05, 0) is 12.5 Å². The fourth-order valence-corrected chi connectivity index (χ4v) is 2.35. The lowest BCUT2D eigenvalue weighted by Gasteiger charge is -2.29. The molecule has 2 nitrogen and oxygen atoms in total. The molecular formula is C13H14ClNOS. The van der Waals surface area contributed by atoms with E-state index in [0.717, 1.165) is 11.1 Å². The van der Waals surface area contributed by atoms with Crippen molar-refractivity contribution in [3.8, 4) is 0 Å². The van der Waals surface area contributed by atoms with Crippen molar-refractivity contribution in [1.29, 1.82) is 0 Å². The predicted molar refractivity (Wildman–Crippen MR) is 73.9 cm³/mol. The minimum atomic E-state index is -0.274. The summed E-state index contributed by atoms with van der Waals surface area (Å²) in [6.45, 7) is 6.01. The van der Waals surface area contributed by atoms with E-state index >= 15 is 0 Å². The Kier molecular flexibility index (Phi) is 3.00. The number of thiocarbonyl (C=S) groups is 1. The molecule has 0 bridgehead atoms. The Balaban J connectivity index is 2.67. The van der Waals surface area contributed by atoms with E-state index in [4.69, 9.17) is 23.8 Å². The second-order valence-electron chi connectivity index (χ2n) is 4.85. The number of halogens is 1. The molecular weight excluding hydrogens is 254 g/mol. The zero-order chi connectivity index (χ0) is 12.8. The fraction of sp³-hybridized carbons (Fsp3) is 0.385. The van der Waals surface area contributed by atoms with E-state index in [2.05, 4.69) is 5.32 Å². The lowest BCUT2D eigenvalue weighted by atomic mass is 9.78. The lowest BCUT2D eigenvalue weighted by molar-refractivity contribution is 0.0981. The van der Waals surface area contributed by atoms with E-state index in [0.29, 0.717) is 10.6 Å². The molecule has 0 radical (unpaired) electrons. The Morgan fingerprint density at radius 3 is 2.65 bits per heavy atom. The number of benzene rings is 1. The van der Waals surface area contributed by atoms with Crippen LogP contribution in [-0.4, -0.2) is 16.3 Å². The highest BCUT2D eigenvalue weighted by atomic mass is 35.5. The van der Waals surface area contributed by atoms with Crippen LogP contribution in [0.2, 0.25) is 0 Å². The highest BCUT2D eigenvalue weighted by Gasteiger charge is 2.35. The molecule has 1 N–H and O–H groups in total. The minimum Gasteiger partial charge on any atom is -0.312 e. The summed E-state index contributed by atoms with van der Waals surface area (Å²) in [6.07, 6.45) is 0. The molecule has 90 valence electrons. The Bertz CT molecular complexity index is 508. The monoisotopic (exact) mass is 267 g/mol. The molecule has 0 aromatic heterocycles. The third kappa shape index (κ3) is 1.87. The van der Waals surface area contributed by atoms with Crippen molar-refractivity contribution in [2.45, 2.75) is 31.6 Å². The van der Waals surface area contributed by atoms with Crippen molar-refractivity contribution in [2.24, 2.45) is 0 Å². The van der Waals surface area contributed by atoms with Gasteiger partial charge in [-0.15, -0.1) is 11.6 Å². The molecule has 1 aliphatic heterocycles. The number of carbonyl (C=O) groups excluding carboxylic acids is 1. The SMILES string of the molecule is CC(Cl)C(C)(C)c1cccc2c1C(=O)NC2=S. The number of amides is 1. The first-order valence-corrected chi connectivity index (χ1v) is 6.33. The van der Waals surface area contributed by atoms with Gasteiger partial charge in [0.1, 0.15) is 4.99 Å². The van der Waals surface area contributed by atoms with Crippen LogP contribution in [0.1, 0.15) is 42.3 Å². The van der Waals surface area contributed by atoms with Gasteiger partial charge in [0.05, 0.1) is 5.56 Å². The standard InChI is InChI=1S/C13H14ClNOS/c1-7(14)13(2,3)9-6-4-5-8-10(9)11(16)15-12(8)17/h4-7H,1-3H3,(H,15,16,17). The first-order valence-electron chi connectivity index (χ1n) is 5.49. The molecule has 0 spiro atoms. The number of hydrogen-bond acceptors (Lipinski definition) is 2. The van der Waals surface area contributed by atoms with Crippen molar-refractivity contribution >= 4 is 34.7 Å². The van der Waals surface area contributed by atoms with Gasteiger partial charge in [0.25, 0.3) is 5.91 Å². The van der Waals surface area contributed by atoms with Crippen LogP contribution in [0, 0.1) is 0 Å². The van der Waals surface area contributed by atoms with E-state index in [-0.39, 0.29) is 16.7 Å². The van der Waals surface area contributed by atoms with Crippen molar-refractivity contribution in [3.63, 3.8) is 0 Å². The van der Waals surface area contributed by atoms with Crippen LogP contribution in [0.5, 0.6) is 0 Å². The molecule has 4 heteroatoms. The van der Waals surface area contributed by atoms with Crippen LogP contribution in [0.15, 0.2) is 18.2 Å². The number of alkyl halides is 1. The van der Waals surface area contributed by atoms with Crippen LogP contribution < -0.4 is 5.32 Å². The van der Waals surface area contributed by atoms with E-state index in [1.54, 1.807) is 0 Å². The zero-order valence-electron chi connectivity index (χ0n) is 10.0. The third-order valence-electron chi connectivity index (χ3n) is 3.45. The van der Waals surface area contributed by atoms with E-state index in [1.807, 2.05) is 39.0 Å². The third-order valence-corrected chi connectivity index (χ3v) is 4.32. The summed E-state index contributed by atoms with van der Waals surface area (Å²) in [5, 5.41) is 2.61. The van der Waals surface area contributed by atoms with Gasteiger partial charge in [0.2, 0.25) is 0 Å². The molecule has 1 unspecified atom stereocenters. The number of carbonyl (C=O) groups is 1. The Morgan fingerprint density at radius 2 is 2.06 bits per heavy atom. The largest absolute Gasteiger partial charge is 0.312 e. The maximum atomic E-state index is 11.9. The average Bonchev–Trinajstić information content (AvgIpc) is 2.54. The van der Waals surface area contributed by atoms with Crippen molar-refractivity contribution in [1.82, 2.24) is 5.32 Å². The first-order chi connectivity index (χ1) is 7.85. The van der Waals surface area contributed by atoms with Gasteiger partial charge in [0, 0.05) is 16.4 Å². The van der Waals surface area contributed by atoms with E-state index in [9.17, 15) is 4.79 Å². The fourth-order valence-electron chi connectivity index (χ4n) is 1.97. The summed E-state index contributed by atoms with van der Waals surface area (Å²) in [4.78, 5) is 12.4. The number of rotatable bonds is 2. The highest BCUT2D eigenvalue weighted by molar-refractivity contribution is 7.80. The summed E-state index contributed by atoms with van der Waals surface area (Å²) in [6, 6.07) is 5.74. The summed E-state index contributed by atoms with van der Waals surface area (Å²) in [5.41, 5.74) is 2.17. The number of hydrogen-bond donors (Lipinski definition) is 1. The molecule has 1 aliphatic rings. The van der Waals surface area contributed by atoms with Gasteiger partial charge in [-0.25, -0.2) is 0 Å². The molecule has 1 amide bonds. The average molecular weight is 268 g/mol. The molecule has 2 rings (SSSR count). The molecule has 0 aliphatic carbocycles. The Labute approximate surface area is 111 Å². The second-order valence-corrected chi connectivity index (χ2v) is 5.91. The van der Waals surface area contributed by atoms with Crippen LogP contribution in [0.25, 0.3) is 0 Å². The zero-order valence-corrected chi connectivity index (χ0v) is 11.6. The van der Waals surface area contributed by atoms with Gasteiger partial charge in [-0.2, -0.15) is 0 Å². The number of fused-ring (bicyclic) bond motifs is 1. The van der Waals surface area contributed by atoms with Gasteiger partial charge in [-0.1, -0.05) is 44.3 Å². The maximum Gasteiger partial charge on any atom is 0.257 e. The summed E-state index contributed by atoms with van der Waals surface area (Å²) in [5.74, 6) is -0.119. The van der Waals surface area contributed by atoms with Gasteiger partial charge in [-0.3, -0.25) is 4.79 Å². The van der Waals surface area contributed by atoms with Crippen LogP contribution in [-0.2, 0) is 5.41 Å². The number of nitrogens with one attached hydrogen (secondary N) is 1. The Morgan fingerprint density at radius 1 is 1.41 bits per heavy atom. The van der Waals surface area contributed by atoms with Gasteiger partial charge < -0.3 is 5.32 Å². The normalized spacial score (nSPS) is 16.7.